The lowest BCUT2D eigenvalue weighted by atomic mass is 10.1. The van der Waals surface area contributed by atoms with Gasteiger partial charge in [0.15, 0.2) is 0 Å². The molecule has 3 nitrogen and oxygen atoms in total. The zero-order chi connectivity index (χ0) is 9.42. The van der Waals surface area contributed by atoms with Gasteiger partial charge in [-0.15, -0.1) is 0 Å². The molecule has 0 aromatic carbocycles. The van der Waals surface area contributed by atoms with E-state index in [1.807, 2.05) is 4.45 Å². The third-order valence-corrected chi connectivity index (χ3v) is 3.55. The predicted octanol–water partition coefficient (Wildman–Crippen LogP) is 1.02. The molecule has 13 heavy (non-hydrogen) atoms. The smallest absolute Gasteiger partial charge is 0.0632 e. The van der Waals surface area contributed by atoms with Crippen molar-refractivity contribution in [3.05, 3.63) is 17.0 Å². The van der Waals surface area contributed by atoms with Crippen LogP contribution >= 0.6 is 18.8 Å². The van der Waals surface area contributed by atoms with Crippen LogP contribution in [0.15, 0.2) is 0 Å². The van der Waals surface area contributed by atoms with E-state index in [0.717, 1.165) is 25.9 Å². The maximum atomic E-state index is 4.41. The molecule has 0 aliphatic carbocycles. The second kappa shape index (κ2) is 3.65. The number of aryl methyl sites for hydroxylation is 1. The lowest BCUT2D eigenvalue weighted by Gasteiger charge is -2.11. The van der Waals surface area contributed by atoms with Gasteiger partial charge in [0, 0.05) is 25.2 Å². The zero-order valence-corrected chi connectivity index (χ0v) is 10.1. The molecule has 1 aliphatic heterocycles. The largest absolute Gasteiger partial charge is 0.287 e. The van der Waals surface area contributed by atoms with E-state index in [4.69, 9.17) is 0 Å². The van der Waals surface area contributed by atoms with Crippen molar-refractivity contribution in [2.45, 2.75) is 19.8 Å². The first-order valence-electron chi connectivity index (χ1n) is 4.50. The first kappa shape index (κ1) is 9.58. The van der Waals surface area contributed by atoms with Crippen LogP contribution in [0.2, 0.25) is 0 Å². The van der Waals surface area contributed by atoms with Crippen LogP contribution in [0.3, 0.4) is 0 Å². The lowest BCUT2D eigenvalue weighted by Crippen LogP contribution is -2.14. The summed E-state index contributed by atoms with van der Waals surface area (Å²) in [5.41, 5.74) is 4.01. The monoisotopic (exact) mass is 215 g/mol. The summed E-state index contributed by atoms with van der Waals surface area (Å²) in [5, 5.41) is 4.41. The minimum Gasteiger partial charge on any atom is -0.287 e. The Kier molecular flexibility index (Phi) is 2.69. The molecule has 5 heteroatoms. The van der Waals surface area contributed by atoms with Crippen molar-refractivity contribution in [3.8, 4) is 0 Å². The summed E-state index contributed by atoms with van der Waals surface area (Å²) in [7, 11) is 5.44. The standard InChI is InChI=1S/C8H15N3P2/c1-6-7-2-4-10(12)5-3-8(7)11(13)9-6/h2-5,12-13H2,1H3. The van der Waals surface area contributed by atoms with Gasteiger partial charge in [-0.05, 0) is 28.3 Å². The average molecular weight is 215 g/mol. The molecule has 2 heterocycles. The molecule has 1 aliphatic rings. The van der Waals surface area contributed by atoms with E-state index in [9.17, 15) is 0 Å². The van der Waals surface area contributed by atoms with Crippen molar-refractivity contribution in [2.24, 2.45) is 0 Å². The van der Waals surface area contributed by atoms with Crippen molar-refractivity contribution in [3.63, 3.8) is 0 Å². The fraction of sp³-hybridized carbons (Fsp3) is 0.625. The Bertz CT molecular complexity index is 293. The second-order valence-corrected chi connectivity index (χ2v) is 4.71. The Labute approximate surface area is 83.4 Å². The topological polar surface area (TPSA) is 21.1 Å². The minimum absolute atomic E-state index is 1.10. The summed E-state index contributed by atoms with van der Waals surface area (Å²) in [6, 6.07) is 0. The average Bonchev–Trinajstić information content (AvgIpc) is 2.27. The molecule has 2 unspecified atom stereocenters. The first-order chi connectivity index (χ1) is 6.18. The van der Waals surface area contributed by atoms with Gasteiger partial charge in [-0.3, -0.25) is 9.12 Å². The molecule has 1 aromatic rings. The summed E-state index contributed by atoms with van der Waals surface area (Å²) in [6.45, 7) is 4.32. The van der Waals surface area contributed by atoms with Gasteiger partial charge in [0.05, 0.1) is 5.69 Å². The molecule has 2 rings (SSSR count). The van der Waals surface area contributed by atoms with Crippen molar-refractivity contribution in [1.29, 1.82) is 0 Å². The lowest BCUT2D eigenvalue weighted by molar-refractivity contribution is 0.489. The van der Waals surface area contributed by atoms with Crippen LogP contribution in [-0.4, -0.2) is 27.3 Å². The molecule has 0 saturated heterocycles. The number of rotatable bonds is 0. The van der Waals surface area contributed by atoms with Crippen molar-refractivity contribution >= 4 is 18.8 Å². The fourth-order valence-corrected chi connectivity index (χ4v) is 2.55. The highest BCUT2D eigenvalue weighted by Gasteiger charge is 2.17. The Balaban J connectivity index is 2.36. The van der Waals surface area contributed by atoms with Gasteiger partial charge in [-0.25, -0.2) is 0 Å². The molecule has 1 aromatic heterocycles. The van der Waals surface area contributed by atoms with Gasteiger partial charge < -0.3 is 0 Å². The first-order valence-corrected chi connectivity index (χ1v) is 5.54. The minimum atomic E-state index is 1.10. The Morgan fingerprint density at radius 2 is 1.92 bits per heavy atom. The van der Waals surface area contributed by atoms with E-state index >= 15 is 0 Å². The molecular weight excluding hydrogens is 200 g/mol. The maximum absolute atomic E-state index is 4.41. The van der Waals surface area contributed by atoms with Gasteiger partial charge in [-0.1, -0.05) is 9.39 Å². The number of fused-ring (bicyclic) bond motifs is 1. The summed E-state index contributed by atoms with van der Waals surface area (Å²) >= 11 is 0. The van der Waals surface area contributed by atoms with Crippen LogP contribution in [0, 0.1) is 6.92 Å². The van der Waals surface area contributed by atoms with Crippen LogP contribution in [0.25, 0.3) is 0 Å². The summed E-state index contributed by atoms with van der Waals surface area (Å²) in [4.78, 5) is 0. The third-order valence-electron chi connectivity index (χ3n) is 2.60. The highest BCUT2D eigenvalue weighted by molar-refractivity contribution is 7.14. The molecule has 0 spiro atoms. The molecule has 0 saturated carbocycles. The molecule has 0 fully saturated rings. The van der Waals surface area contributed by atoms with E-state index in [1.165, 1.54) is 17.0 Å². The highest BCUT2D eigenvalue weighted by atomic mass is 31.0. The molecular formula is C8H15N3P2. The third kappa shape index (κ3) is 1.79. The van der Waals surface area contributed by atoms with Gasteiger partial charge in [-0.2, -0.15) is 5.10 Å². The normalized spacial score (nSPS) is 18.4. The van der Waals surface area contributed by atoms with Crippen LogP contribution in [0.1, 0.15) is 17.0 Å². The predicted molar refractivity (Wildman–Crippen MR) is 60.8 cm³/mol. The van der Waals surface area contributed by atoms with E-state index in [2.05, 4.69) is 35.5 Å². The van der Waals surface area contributed by atoms with E-state index < -0.39 is 0 Å². The fourth-order valence-electron chi connectivity index (χ4n) is 1.84. The van der Waals surface area contributed by atoms with Crippen molar-refractivity contribution < 1.29 is 0 Å². The highest BCUT2D eigenvalue weighted by Crippen LogP contribution is 2.21. The molecule has 0 bridgehead atoms. The number of nitrogens with zero attached hydrogens (tertiary/aromatic N) is 3. The van der Waals surface area contributed by atoms with Crippen LogP contribution < -0.4 is 0 Å². The molecule has 0 radical (unpaired) electrons. The summed E-state index contributed by atoms with van der Waals surface area (Å²) < 4.78 is 4.25. The summed E-state index contributed by atoms with van der Waals surface area (Å²) in [6.07, 6.45) is 2.22. The second-order valence-electron chi connectivity index (χ2n) is 3.49. The molecule has 0 amide bonds. The van der Waals surface area contributed by atoms with E-state index in [1.54, 1.807) is 0 Å². The number of aromatic nitrogens is 2. The SMILES string of the molecule is Cc1nn(P)c2c1CCN(P)CC2. The van der Waals surface area contributed by atoms with Crippen molar-refractivity contribution in [2.75, 3.05) is 13.1 Å². The van der Waals surface area contributed by atoms with Crippen LogP contribution in [-0.2, 0) is 12.8 Å². The zero-order valence-electron chi connectivity index (χ0n) is 7.82. The summed E-state index contributed by atoms with van der Waals surface area (Å²) in [5.74, 6) is 0. The van der Waals surface area contributed by atoms with Crippen molar-refractivity contribution in [1.82, 2.24) is 14.2 Å². The van der Waals surface area contributed by atoms with Crippen LogP contribution in [0.5, 0.6) is 0 Å². The number of hydrogen-bond donors (Lipinski definition) is 0. The quantitative estimate of drug-likeness (QED) is 0.602. The maximum Gasteiger partial charge on any atom is 0.0632 e. The van der Waals surface area contributed by atoms with Gasteiger partial charge in [0.25, 0.3) is 0 Å². The van der Waals surface area contributed by atoms with Gasteiger partial charge in [0.1, 0.15) is 0 Å². The molecule has 2 atom stereocenters. The Hall–Kier alpha value is 0.0300. The van der Waals surface area contributed by atoms with E-state index in [0.29, 0.717) is 0 Å². The number of hydrogen-bond acceptors (Lipinski definition) is 2. The Morgan fingerprint density at radius 1 is 1.23 bits per heavy atom. The van der Waals surface area contributed by atoms with Crippen LogP contribution in [0.4, 0.5) is 0 Å². The molecule has 72 valence electrons. The van der Waals surface area contributed by atoms with Gasteiger partial charge in [0.2, 0.25) is 0 Å². The Morgan fingerprint density at radius 3 is 2.69 bits per heavy atom. The van der Waals surface area contributed by atoms with Gasteiger partial charge >= 0.3 is 0 Å². The van der Waals surface area contributed by atoms with E-state index in [-0.39, 0.29) is 0 Å². The molecule has 0 N–H and O–H groups in total.